The lowest BCUT2D eigenvalue weighted by Gasteiger charge is -2.37. The van der Waals surface area contributed by atoms with Crippen molar-refractivity contribution in [2.45, 2.75) is 59.4 Å². The number of hydrogen-bond donors (Lipinski definition) is 1. The molecule has 1 aromatic carbocycles. The fourth-order valence-corrected chi connectivity index (χ4v) is 4.72. The Kier molecular flexibility index (Phi) is 6.54. The Hall–Kier alpha value is -0.0900. The van der Waals surface area contributed by atoms with E-state index < -0.39 is 0 Å². The summed E-state index contributed by atoms with van der Waals surface area (Å²) in [5.41, 5.74) is 2.93. The normalized spacial score (nSPS) is 27.6. The van der Waals surface area contributed by atoms with Crippen LogP contribution in [0.2, 0.25) is 0 Å². The van der Waals surface area contributed by atoms with Crippen molar-refractivity contribution in [3.05, 3.63) is 32.9 Å². The minimum Gasteiger partial charge on any atom is -0.310 e. The van der Waals surface area contributed by atoms with Crippen LogP contribution in [0.4, 0.5) is 0 Å². The van der Waals surface area contributed by atoms with E-state index >= 15 is 0 Å². The molecule has 1 saturated carbocycles. The SMILES string of the molecule is CCCNC(c1cccc(C)c1I)C1CC(C)CC(C)C1. The summed E-state index contributed by atoms with van der Waals surface area (Å²) in [6.45, 7) is 10.5. The second kappa shape index (κ2) is 7.96. The van der Waals surface area contributed by atoms with Crippen molar-refractivity contribution in [1.82, 2.24) is 5.32 Å². The van der Waals surface area contributed by atoms with Crippen molar-refractivity contribution in [1.29, 1.82) is 0 Å². The topological polar surface area (TPSA) is 12.0 Å². The van der Waals surface area contributed by atoms with Crippen LogP contribution in [0, 0.1) is 28.2 Å². The molecule has 1 fully saturated rings. The molecule has 0 aliphatic heterocycles. The fourth-order valence-electron chi connectivity index (χ4n) is 4.02. The minimum absolute atomic E-state index is 0.530. The summed E-state index contributed by atoms with van der Waals surface area (Å²) in [7, 11) is 0. The van der Waals surface area contributed by atoms with Gasteiger partial charge in [0.15, 0.2) is 0 Å². The Morgan fingerprint density at radius 1 is 1.19 bits per heavy atom. The molecular weight excluding hydrogens is 369 g/mol. The summed E-state index contributed by atoms with van der Waals surface area (Å²) < 4.78 is 1.45. The molecule has 1 aromatic rings. The summed E-state index contributed by atoms with van der Waals surface area (Å²) in [6.07, 6.45) is 5.35. The molecule has 0 radical (unpaired) electrons. The van der Waals surface area contributed by atoms with Gasteiger partial charge in [-0.15, -0.1) is 0 Å². The number of nitrogens with one attached hydrogen (secondary N) is 1. The predicted molar refractivity (Wildman–Crippen MR) is 101 cm³/mol. The zero-order chi connectivity index (χ0) is 15.4. The van der Waals surface area contributed by atoms with E-state index in [9.17, 15) is 0 Å². The van der Waals surface area contributed by atoms with Gasteiger partial charge in [-0.05, 0) is 90.6 Å². The second-order valence-corrected chi connectivity index (χ2v) is 8.17. The van der Waals surface area contributed by atoms with Gasteiger partial charge in [0.1, 0.15) is 0 Å². The van der Waals surface area contributed by atoms with Gasteiger partial charge >= 0.3 is 0 Å². The summed E-state index contributed by atoms with van der Waals surface area (Å²) in [6, 6.07) is 7.32. The number of rotatable bonds is 5. The molecule has 0 spiro atoms. The average Bonchev–Trinajstić information content (AvgIpc) is 2.42. The first-order valence-electron chi connectivity index (χ1n) is 8.51. The molecule has 3 unspecified atom stereocenters. The zero-order valence-electron chi connectivity index (χ0n) is 14.0. The van der Waals surface area contributed by atoms with E-state index in [1.54, 1.807) is 0 Å². The molecule has 1 N–H and O–H groups in total. The molecule has 3 atom stereocenters. The molecule has 0 saturated heterocycles. The Balaban J connectivity index is 2.27. The van der Waals surface area contributed by atoms with Crippen LogP contribution in [0.5, 0.6) is 0 Å². The molecule has 21 heavy (non-hydrogen) atoms. The van der Waals surface area contributed by atoms with Crippen LogP contribution in [-0.4, -0.2) is 6.54 Å². The van der Waals surface area contributed by atoms with Crippen molar-refractivity contribution in [2.24, 2.45) is 17.8 Å². The molecule has 1 nitrogen and oxygen atoms in total. The number of aryl methyl sites for hydroxylation is 1. The van der Waals surface area contributed by atoms with Crippen molar-refractivity contribution >= 4 is 22.6 Å². The van der Waals surface area contributed by atoms with Crippen molar-refractivity contribution in [3.63, 3.8) is 0 Å². The molecule has 0 heterocycles. The Morgan fingerprint density at radius 3 is 2.48 bits per heavy atom. The first-order valence-corrected chi connectivity index (χ1v) is 9.59. The molecule has 2 heteroatoms. The van der Waals surface area contributed by atoms with Crippen LogP contribution >= 0.6 is 22.6 Å². The maximum atomic E-state index is 3.86. The van der Waals surface area contributed by atoms with Crippen molar-refractivity contribution < 1.29 is 0 Å². The fraction of sp³-hybridized carbons (Fsp3) is 0.684. The summed E-state index contributed by atoms with van der Waals surface area (Å²) >= 11 is 2.54. The maximum absolute atomic E-state index is 3.86. The monoisotopic (exact) mass is 399 g/mol. The van der Waals surface area contributed by atoms with Crippen LogP contribution in [0.1, 0.15) is 63.6 Å². The van der Waals surface area contributed by atoms with E-state index in [1.807, 2.05) is 0 Å². The van der Waals surface area contributed by atoms with Gasteiger partial charge in [0, 0.05) is 9.61 Å². The number of hydrogen-bond acceptors (Lipinski definition) is 1. The Morgan fingerprint density at radius 2 is 1.86 bits per heavy atom. The van der Waals surface area contributed by atoms with E-state index in [-0.39, 0.29) is 0 Å². The molecule has 1 aliphatic rings. The Labute approximate surface area is 144 Å². The van der Waals surface area contributed by atoms with Gasteiger partial charge < -0.3 is 5.32 Å². The highest BCUT2D eigenvalue weighted by Gasteiger charge is 2.31. The molecule has 0 amide bonds. The highest BCUT2D eigenvalue weighted by Crippen LogP contribution is 2.41. The highest BCUT2D eigenvalue weighted by atomic mass is 127. The minimum atomic E-state index is 0.530. The first-order chi connectivity index (χ1) is 10.0. The van der Waals surface area contributed by atoms with Crippen LogP contribution < -0.4 is 5.32 Å². The van der Waals surface area contributed by atoms with Crippen LogP contribution in [0.15, 0.2) is 18.2 Å². The van der Waals surface area contributed by atoms with Gasteiger partial charge in [0.2, 0.25) is 0 Å². The first kappa shape index (κ1) is 17.3. The van der Waals surface area contributed by atoms with Crippen molar-refractivity contribution in [3.8, 4) is 0 Å². The largest absolute Gasteiger partial charge is 0.310 e. The van der Waals surface area contributed by atoms with E-state index in [2.05, 4.69) is 73.8 Å². The third-order valence-corrected chi connectivity index (χ3v) is 6.33. The molecule has 1 aliphatic carbocycles. The van der Waals surface area contributed by atoms with Gasteiger partial charge in [-0.3, -0.25) is 0 Å². The highest BCUT2D eigenvalue weighted by molar-refractivity contribution is 14.1. The smallest absolute Gasteiger partial charge is 0.0359 e. The van der Waals surface area contributed by atoms with Crippen LogP contribution in [0.25, 0.3) is 0 Å². The van der Waals surface area contributed by atoms with E-state index in [0.29, 0.717) is 6.04 Å². The lowest BCUT2D eigenvalue weighted by molar-refractivity contribution is 0.176. The van der Waals surface area contributed by atoms with Crippen LogP contribution in [0.3, 0.4) is 0 Å². The molecule has 2 rings (SSSR count). The third-order valence-electron chi connectivity index (χ3n) is 4.86. The summed E-state index contributed by atoms with van der Waals surface area (Å²) in [5, 5.41) is 3.86. The van der Waals surface area contributed by atoms with Gasteiger partial charge in [0.05, 0.1) is 0 Å². The van der Waals surface area contributed by atoms with Gasteiger partial charge in [-0.1, -0.05) is 39.0 Å². The van der Waals surface area contributed by atoms with Gasteiger partial charge in [-0.25, -0.2) is 0 Å². The number of benzene rings is 1. The van der Waals surface area contributed by atoms with E-state index in [0.717, 1.165) is 24.3 Å². The van der Waals surface area contributed by atoms with E-state index in [4.69, 9.17) is 0 Å². The van der Waals surface area contributed by atoms with Crippen molar-refractivity contribution in [2.75, 3.05) is 6.54 Å². The zero-order valence-corrected chi connectivity index (χ0v) is 16.1. The molecule has 0 bridgehead atoms. The average molecular weight is 399 g/mol. The maximum Gasteiger partial charge on any atom is 0.0359 e. The lowest BCUT2D eigenvalue weighted by Crippen LogP contribution is -2.34. The quantitative estimate of drug-likeness (QED) is 0.625. The Bertz CT molecular complexity index is 447. The third kappa shape index (κ3) is 4.44. The van der Waals surface area contributed by atoms with E-state index in [1.165, 1.54) is 40.4 Å². The summed E-state index contributed by atoms with van der Waals surface area (Å²) in [4.78, 5) is 0. The van der Waals surface area contributed by atoms with Crippen LogP contribution in [-0.2, 0) is 0 Å². The standard InChI is InChI=1S/C19H30IN/c1-5-9-21-19(16-11-13(2)10-14(3)12-16)17-8-6-7-15(4)18(17)20/h6-8,13-14,16,19,21H,5,9-12H2,1-4H3. The van der Waals surface area contributed by atoms with Gasteiger partial charge in [-0.2, -0.15) is 0 Å². The second-order valence-electron chi connectivity index (χ2n) is 7.09. The molecular formula is C19H30IN. The lowest BCUT2D eigenvalue weighted by atomic mass is 9.72. The molecule has 118 valence electrons. The summed E-state index contributed by atoms with van der Waals surface area (Å²) in [5.74, 6) is 2.52. The number of halogens is 1. The predicted octanol–water partition coefficient (Wildman–Crippen LogP) is 5.71. The molecule has 0 aromatic heterocycles. The van der Waals surface area contributed by atoms with Gasteiger partial charge in [0.25, 0.3) is 0 Å².